The summed E-state index contributed by atoms with van der Waals surface area (Å²) in [5.74, 6) is 0.411. The Balaban J connectivity index is 1.94. The molecule has 1 N–H and O–H groups in total. The van der Waals surface area contributed by atoms with Crippen LogP contribution in [-0.4, -0.2) is 25.3 Å². The first-order valence-electron chi connectivity index (χ1n) is 7.21. The number of amides is 1. The van der Waals surface area contributed by atoms with Gasteiger partial charge in [0.15, 0.2) is 6.61 Å². The largest absolute Gasteiger partial charge is 0.494 e. The highest BCUT2D eigenvalue weighted by Crippen LogP contribution is 2.21. The fraction of sp³-hybridized carbons (Fsp3) is 0.235. The summed E-state index contributed by atoms with van der Waals surface area (Å²) in [5.41, 5.74) is 0.893. The summed E-state index contributed by atoms with van der Waals surface area (Å²) in [7, 11) is 0. The zero-order valence-corrected chi connectivity index (χ0v) is 12.9. The first kappa shape index (κ1) is 17.7. The topological polar surface area (TPSA) is 47.6 Å². The fourth-order valence-electron chi connectivity index (χ4n) is 1.87. The van der Waals surface area contributed by atoms with E-state index in [0.717, 1.165) is 0 Å². The number of hydrogen-bond donors (Lipinski definition) is 1. The van der Waals surface area contributed by atoms with Gasteiger partial charge in [-0.15, -0.1) is 0 Å². The number of hydrogen-bond acceptors (Lipinski definition) is 3. The maximum absolute atomic E-state index is 12.1. The van der Waals surface area contributed by atoms with Gasteiger partial charge in [0.1, 0.15) is 11.5 Å². The second kappa shape index (κ2) is 7.72. The van der Waals surface area contributed by atoms with Gasteiger partial charge in [-0.25, -0.2) is 0 Å². The van der Waals surface area contributed by atoms with Crippen LogP contribution in [0.2, 0.25) is 0 Å². The van der Waals surface area contributed by atoms with Gasteiger partial charge in [-0.1, -0.05) is 0 Å². The number of ether oxygens (including phenoxy) is 2. The average molecular weight is 339 g/mol. The number of alkyl halides is 3. The van der Waals surface area contributed by atoms with Gasteiger partial charge in [0, 0.05) is 11.3 Å². The van der Waals surface area contributed by atoms with E-state index in [1.165, 1.54) is 24.3 Å². The summed E-state index contributed by atoms with van der Waals surface area (Å²) >= 11 is 0. The first-order valence-corrected chi connectivity index (χ1v) is 7.21. The molecule has 0 aliphatic heterocycles. The van der Waals surface area contributed by atoms with Crippen LogP contribution in [-0.2, 0) is 0 Å². The SMILES string of the molecule is CCOc1ccc(C(=O)Nc2ccc(OCC(F)(F)F)cc2)cc1. The summed E-state index contributed by atoms with van der Waals surface area (Å²) < 4.78 is 46.1. The van der Waals surface area contributed by atoms with Gasteiger partial charge in [-0.05, 0) is 55.5 Å². The lowest BCUT2D eigenvalue weighted by Crippen LogP contribution is -2.19. The van der Waals surface area contributed by atoms with E-state index in [-0.39, 0.29) is 11.7 Å². The molecule has 0 atom stereocenters. The third kappa shape index (κ3) is 5.49. The maximum atomic E-state index is 12.1. The molecule has 4 nitrogen and oxygen atoms in total. The van der Waals surface area contributed by atoms with E-state index in [4.69, 9.17) is 4.74 Å². The molecule has 0 heterocycles. The Kier molecular flexibility index (Phi) is 5.68. The van der Waals surface area contributed by atoms with Crippen molar-refractivity contribution >= 4 is 11.6 Å². The second-order valence-electron chi connectivity index (χ2n) is 4.84. The molecule has 0 spiro atoms. The van der Waals surface area contributed by atoms with Crippen LogP contribution < -0.4 is 14.8 Å². The average Bonchev–Trinajstić information content (AvgIpc) is 2.54. The Morgan fingerprint density at radius 3 is 2.04 bits per heavy atom. The predicted molar refractivity (Wildman–Crippen MR) is 83.6 cm³/mol. The number of carbonyl (C=O) groups is 1. The number of carbonyl (C=O) groups excluding carboxylic acids is 1. The minimum atomic E-state index is -4.39. The fourth-order valence-corrected chi connectivity index (χ4v) is 1.87. The van der Waals surface area contributed by atoms with Crippen molar-refractivity contribution in [1.29, 1.82) is 0 Å². The molecule has 2 aromatic carbocycles. The zero-order valence-electron chi connectivity index (χ0n) is 12.9. The summed E-state index contributed by atoms with van der Waals surface area (Å²) in [4.78, 5) is 12.1. The van der Waals surface area contributed by atoms with E-state index in [9.17, 15) is 18.0 Å². The van der Waals surface area contributed by atoms with Gasteiger partial charge < -0.3 is 14.8 Å². The highest BCUT2D eigenvalue weighted by molar-refractivity contribution is 6.04. The summed E-state index contributed by atoms with van der Waals surface area (Å²) in [6, 6.07) is 12.3. The third-order valence-electron chi connectivity index (χ3n) is 2.94. The molecule has 0 aliphatic rings. The summed E-state index contributed by atoms with van der Waals surface area (Å²) in [5, 5.41) is 2.65. The van der Waals surface area contributed by atoms with Crippen molar-refractivity contribution in [3.63, 3.8) is 0 Å². The molecule has 0 bridgehead atoms. The molecule has 2 aromatic rings. The molecular weight excluding hydrogens is 323 g/mol. The van der Waals surface area contributed by atoms with Gasteiger partial charge >= 0.3 is 6.18 Å². The van der Waals surface area contributed by atoms with Crippen molar-refractivity contribution in [2.24, 2.45) is 0 Å². The van der Waals surface area contributed by atoms with Gasteiger partial charge in [0.2, 0.25) is 0 Å². The minimum absolute atomic E-state index is 0.0754. The van der Waals surface area contributed by atoms with Crippen molar-refractivity contribution in [2.75, 3.05) is 18.5 Å². The lowest BCUT2D eigenvalue weighted by molar-refractivity contribution is -0.153. The van der Waals surface area contributed by atoms with E-state index in [1.54, 1.807) is 24.3 Å². The Morgan fingerprint density at radius 1 is 0.958 bits per heavy atom. The molecular formula is C17H16F3NO3. The highest BCUT2D eigenvalue weighted by atomic mass is 19.4. The Morgan fingerprint density at radius 2 is 1.50 bits per heavy atom. The lowest BCUT2D eigenvalue weighted by Gasteiger charge is -2.10. The number of halogens is 3. The molecule has 24 heavy (non-hydrogen) atoms. The lowest BCUT2D eigenvalue weighted by atomic mass is 10.2. The van der Waals surface area contributed by atoms with E-state index < -0.39 is 12.8 Å². The van der Waals surface area contributed by atoms with E-state index in [2.05, 4.69) is 10.1 Å². The summed E-state index contributed by atoms with van der Waals surface area (Å²) in [6.07, 6.45) is -4.39. The van der Waals surface area contributed by atoms with Gasteiger partial charge in [0.05, 0.1) is 6.61 Å². The number of benzene rings is 2. The highest BCUT2D eigenvalue weighted by Gasteiger charge is 2.28. The Hall–Kier alpha value is -2.70. The van der Waals surface area contributed by atoms with Crippen LogP contribution in [0.5, 0.6) is 11.5 Å². The molecule has 0 saturated carbocycles. The van der Waals surface area contributed by atoms with Crippen LogP contribution in [0.4, 0.5) is 18.9 Å². The van der Waals surface area contributed by atoms with Crippen LogP contribution in [0, 0.1) is 0 Å². The molecule has 0 saturated heterocycles. The quantitative estimate of drug-likeness (QED) is 0.854. The standard InChI is InChI=1S/C17H16F3NO3/c1-2-23-14-7-3-12(4-8-14)16(22)21-13-5-9-15(10-6-13)24-11-17(18,19)20/h3-10H,2,11H2,1H3,(H,21,22). The molecule has 128 valence electrons. The number of anilines is 1. The second-order valence-corrected chi connectivity index (χ2v) is 4.84. The molecule has 1 amide bonds. The number of rotatable bonds is 6. The van der Waals surface area contributed by atoms with Crippen LogP contribution >= 0.6 is 0 Å². The van der Waals surface area contributed by atoms with Crippen LogP contribution in [0.25, 0.3) is 0 Å². The van der Waals surface area contributed by atoms with Crippen molar-refractivity contribution in [2.45, 2.75) is 13.1 Å². The van der Waals surface area contributed by atoms with E-state index >= 15 is 0 Å². The van der Waals surface area contributed by atoms with E-state index in [0.29, 0.717) is 23.6 Å². The molecule has 2 rings (SSSR count). The molecule has 0 aromatic heterocycles. The van der Waals surface area contributed by atoms with E-state index in [1.807, 2.05) is 6.92 Å². The third-order valence-corrected chi connectivity index (χ3v) is 2.94. The smallest absolute Gasteiger partial charge is 0.422 e. The van der Waals surface area contributed by atoms with Crippen molar-refractivity contribution in [1.82, 2.24) is 0 Å². The van der Waals surface area contributed by atoms with Crippen molar-refractivity contribution in [3.05, 3.63) is 54.1 Å². The molecule has 0 aliphatic carbocycles. The van der Waals surface area contributed by atoms with Crippen LogP contribution in [0.1, 0.15) is 17.3 Å². The van der Waals surface area contributed by atoms with Crippen LogP contribution in [0.3, 0.4) is 0 Å². The Bertz CT molecular complexity index is 667. The number of nitrogens with one attached hydrogen (secondary N) is 1. The van der Waals surface area contributed by atoms with Gasteiger partial charge in [-0.2, -0.15) is 13.2 Å². The summed E-state index contributed by atoms with van der Waals surface area (Å²) in [6.45, 7) is 1.04. The van der Waals surface area contributed by atoms with Crippen molar-refractivity contribution < 1.29 is 27.4 Å². The van der Waals surface area contributed by atoms with Crippen molar-refractivity contribution in [3.8, 4) is 11.5 Å². The molecule has 0 radical (unpaired) electrons. The minimum Gasteiger partial charge on any atom is -0.494 e. The molecule has 7 heteroatoms. The normalized spacial score (nSPS) is 11.0. The van der Waals surface area contributed by atoms with Gasteiger partial charge in [-0.3, -0.25) is 4.79 Å². The molecule has 0 fully saturated rings. The van der Waals surface area contributed by atoms with Gasteiger partial charge in [0.25, 0.3) is 5.91 Å². The monoisotopic (exact) mass is 339 g/mol. The maximum Gasteiger partial charge on any atom is 0.422 e. The zero-order chi connectivity index (χ0) is 17.6. The Labute approximate surface area is 137 Å². The molecule has 0 unspecified atom stereocenters. The van der Waals surface area contributed by atoms with Crippen LogP contribution in [0.15, 0.2) is 48.5 Å². The predicted octanol–water partition coefficient (Wildman–Crippen LogP) is 4.28. The first-order chi connectivity index (χ1) is 11.4.